The van der Waals surface area contributed by atoms with Crippen LogP contribution < -0.4 is 4.74 Å². The summed E-state index contributed by atoms with van der Waals surface area (Å²) in [7, 11) is 0. The lowest BCUT2D eigenvalue weighted by atomic mass is 10.1. The van der Waals surface area contributed by atoms with Crippen LogP contribution >= 0.6 is 11.8 Å². The fraction of sp³-hybridized carbons (Fsp3) is 0.240. The number of nitrogens with zero attached hydrogens (tertiary/aromatic N) is 2. The Bertz CT molecular complexity index is 1340. The number of benzene rings is 2. The topological polar surface area (TPSA) is 77.1 Å². The summed E-state index contributed by atoms with van der Waals surface area (Å²) in [5.41, 5.74) is 2.90. The summed E-state index contributed by atoms with van der Waals surface area (Å²) < 4.78 is 49.0. The molecule has 10 heteroatoms. The number of aromatic amines is 1. The number of aryl methyl sites for hydroxylation is 1. The fourth-order valence-corrected chi connectivity index (χ4v) is 4.39. The van der Waals surface area contributed by atoms with Crippen LogP contribution in [0.15, 0.2) is 59.6 Å². The van der Waals surface area contributed by atoms with E-state index in [4.69, 9.17) is 9.47 Å². The van der Waals surface area contributed by atoms with Crippen molar-refractivity contribution in [3.63, 3.8) is 0 Å². The van der Waals surface area contributed by atoms with Crippen LogP contribution in [0.5, 0.6) is 5.75 Å². The molecule has 2 heterocycles. The molecule has 0 spiro atoms. The number of hydrogen-bond donors (Lipinski definition) is 1. The molecular formula is C25H22F3N3O3S. The largest absolute Gasteiger partial charge is 0.482 e. The average Bonchev–Trinajstić information content (AvgIpc) is 3.27. The minimum Gasteiger partial charge on any atom is -0.482 e. The number of thioether (sulfide) groups is 1. The first kappa shape index (κ1) is 24.6. The molecule has 2 aromatic heterocycles. The van der Waals surface area contributed by atoms with Crippen molar-refractivity contribution in [3.8, 4) is 17.1 Å². The number of carbonyl (C=O) groups excluding carboxylic acids is 1. The zero-order valence-electron chi connectivity index (χ0n) is 19.0. The summed E-state index contributed by atoms with van der Waals surface area (Å²) >= 11 is 1.60. The van der Waals surface area contributed by atoms with Gasteiger partial charge >= 0.3 is 12.1 Å². The maximum Gasteiger partial charge on any atom is 0.416 e. The fourth-order valence-electron chi connectivity index (χ4n) is 3.41. The molecule has 35 heavy (non-hydrogen) atoms. The van der Waals surface area contributed by atoms with E-state index in [9.17, 15) is 18.0 Å². The number of esters is 1. The van der Waals surface area contributed by atoms with Gasteiger partial charge in [-0.15, -0.1) is 11.8 Å². The molecule has 0 fully saturated rings. The van der Waals surface area contributed by atoms with Crippen LogP contribution in [-0.2, 0) is 21.5 Å². The number of H-pyrrole nitrogens is 1. The zero-order valence-corrected chi connectivity index (χ0v) is 19.8. The smallest absolute Gasteiger partial charge is 0.416 e. The number of nitrogens with one attached hydrogen (secondary N) is 1. The Morgan fingerprint density at radius 3 is 2.57 bits per heavy atom. The van der Waals surface area contributed by atoms with E-state index >= 15 is 0 Å². The molecule has 0 bridgehead atoms. The number of carbonyl (C=O) groups is 1. The van der Waals surface area contributed by atoms with E-state index in [0.717, 1.165) is 28.2 Å². The summed E-state index contributed by atoms with van der Waals surface area (Å²) in [6, 6.07) is 12.4. The number of hydrogen-bond acceptors (Lipinski definition) is 6. The van der Waals surface area contributed by atoms with E-state index in [-0.39, 0.29) is 6.61 Å². The maximum absolute atomic E-state index is 12.9. The van der Waals surface area contributed by atoms with E-state index in [2.05, 4.69) is 15.0 Å². The van der Waals surface area contributed by atoms with E-state index in [0.29, 0.717) is 40.7 Å². The summed E-state index contributed by atoms with van der Waals surface area (Å²) in [5.74, 6) is 1.26. The van der Waals surface area contributed by atoms with Crippen molar-refractivity contribution in [2.45, 2.75) is 30.7 Å². The molecule has 1 N–H and O–H groups in total. The molecule has 4 rings (SSSR count). The lowest BCUT2D eigenvalue weighted by Crippen LogP contribution is -2.14. The molecule has 6 nitrogen and oxygen atoms in total. The van der Waals surface area contributed by atoms with Crippen LogP contribution in [0.4, 0.5) is 13.2 Å². The first-order valence-electron chi connectivity index (χ1n) is 10.8. The summed E-state index contributed by atoms with van der Waals surface area (Å²) in [6.45, 7) is 3.81. The lowest BCUT2D eigenvalue weighted by Gasteiger charge is -2.10. The number of rotatable bonds is 8. The Morgan fingerprint density at radius 2 is 1.89 bits per heavy atom. The predicted molar refractivity (Wildman–Crippen MR) is 127 cm³/mol. The molecule has 0 amide bonds. The van der Waals surface area contributed by atoms with Gasteiger partial charge in [-0.05, 0) is 61.4 Å². The quantitative estimate of drug-likeness (QED) is 0.229. The third-order valence-corrected chi connectivity index (χ3v) is 6.19. The van der Waals surface area contributed by atoms with E-state index < -0.39 is 17.7 Å². The van der Waals surface area contributed by atoms with Crippen LogP contribution in [-0.4, -0.2) is 34.1 Å². The molecule has 0 saturated heterocycles. The lowest BCUT2D eigenvalue weighted by molar-refractivity contribution is -0.145. The number of ether oxygens (including phenoxy) is 2. The van der Waals surface area contributed by atoms with Crippen LogP contribution in [0.3, 0.4) is 0 Å². The van der Waals surface area contributed by atoms with E-state index in [1.54, 1.807) is 24.9 Å². The summed E-state index contributed by atoms with van der Waals surface area (Å²) in [4.78, 5) is 24.5. The van der Waals surface area contributed by atoms with Crippen LogP contribution in [0.2, 0.25) is 0 Å². The molecule has 0 aliphatic heterocycles. The van der Waals surface area contributed by atoms with E-state index in [1.165, 1.54) is 12.1 Å². The standard InChI is InChI=1S/C25H22F3N3O3S/c1-3-33-21(32)13-34-20-9-8-19(12-15(20)2)35-14-17-10-11-29-24-22(17)30-23(31-24)16-4-6-18(7-5-16)25(26,27)28/h4-12H,3,13-14H2,1-2H3,(H,29,30,31). The van der Waals surface area contributed by atoms with Crippen molar-refractivity contribution in [1.29, 1.82) is 0 Å². The Hall–Kier alpha value is -3.53. The highest BCUT2D eigenvalue weighted by Crippen LogP contribution is 2.32. The number of fused-ring (bicyclic) bond motifs is 1. The van der Waals surface area contributed by atoms with Gasteiger partial charge in [0.1, 0.15) is 17.1 Å². The molecule has 0 aliphatic rings. The van der Waals surface area contributed by atoms with Crippen molar-refractivity contribution in [3.05, 3.63) is 71.4 Å². The Labute approximate surface area is 203 Å². The molecule has 0 atom stereocenters. The van der Waals surface area contributed by atoms with Crippen molar-refractivity contribution in [2.75, 3.05) is 13.2 Å². The number of pyridine rings is 1. The Balaban J connectivity index is 1.47. The molecule has 2 aromatic carbocycles. The second-order valence-corrected chi connectivity index (χ2v) is 8.69. The normalized spacial score (nSPS) is 11.6. The molecular weight excluding hydrogens is 479 g/mol. The monoisotopic (exact) mass is 501 g/mol. The van der Waals surface area contributed by atoms with Gasteiger partial charge in [-0.25, -0.2) is 14.8 Å². The first-order valence-corrected chi connectivity index (χ1v) is 11.8. The minimum atomic E-state index is -4.39. The first-order chi connectivity index (χ1) is 16.7. The maximum atomic E-state index is 12.9. The number of imidazole rings is 1. The third kappa shape index (κ3) is 5.94. The van der Waals surface area contributed by atoms with Gasteiger partial charge < -0.3 is 14.5 Å². The van der Waals surface area contributed by atoms with E-state index in [1.807, 2.05) is 31.2 Å². The second kappa shape index (κ2) is 10.4. The molecule has 182 valence electrons. The van der Waals surface area contributed by atoms with Crippen molar-refractivity contribution >= 4 is 28.9 Å². The summed E-state index contributed by atoms with van der Waals surface area (Å²) in [5, 5.41) is 0. The molecule has 0 aliphatic carbocycles. The highest BCUT2D eigenvalue weighted by molar-refractivity contribution is 7.98. The second-order valence-electron chi connectivity index (χ2n) is 7.64. The molecule has 0 radical (unpaired) electrons. The van der Waals surface area contributed by atoms with Gasteiger partial charge in [0.15, 0.2) is 12.3 Å². The SMILES string of the molecule is CCOC(=O)COc1ccc(SCc2ccnc3[nH]c(-c4ccc(C(F)(F)F)cc4)nc23)cc1C. The van der Waals surface area contributed by atoms with Crippen LogP contribution in [0, 0.1) is 6.92 Å². The predicted octanol–water partition coefficient (Wildman–Crippen LogP) is 6.19. The molecule has 0 saturated carbocycles. The number of halogens is 3. The molecule has 4 aromatic rings. The van der Waals surface area contributed by atoms with Gasteiger partial charge in [0.05, 0.1) is 12.2 Å². The highest BCUT2D eigenvalue weighted by Gasteiger charge is 2.30. The van der Waals surface area contributed by atoms with Crippen molar-refractivity contribution in [2.24, 2.45) is 0 Å². The van der Waals surface area contributed by atoms with Gasteiger partial charge in [0, 0.05) is 22.4 Å². The summed E-state index contributed by atoms with van der Waals surface area (Å²) in [6.07, 6.45) is -2.72. The number of aromatic nitrogens is 3. The Morgan fingerprint density at radius 1 is 1.11 bits per heavy atom. The van der Waals surface area contributed by atoms with Crippen LogP contribution in [0.25, 0.3) is 22.6 Å². The van der Waals surface area contributed by atoms with Gasteiger partial charge in [0.2, 0.25) is 0 Å². The molecule has 0 unspecified atom stereocenters. The highest BCUT2D eigenvalue weighted by atomic mass is 32.2. The third-order valence-electron chi connectivity index (χ3n) is 5.15. The van der Waals surface area contributed by atoms with Crippen molar-refractivity contribution < 1.29 is 27.4 Å². The average molecular weight is 502 g/mol. The van der Waals surface area contributed by atoms with Gasteiger partial charge in [0.25, 0.3) is 0 Å². The zero-order chi connectivity index (χ0) is 25.0. The Kier molecular flexibility index (Phi) is 7.30. The van der Waals surface area contributed by atoms with Gasteiger partial charge in [-0.1, -0.05) is 12.1 Å². The van der Waals surface area contributed by atoms with Crippen LogP contribution in [0.1, 0.15) is 23.6 Å². The van der Waals surface area contributed by atoms with Crippen molar-refractivity contribution in [1.82, 2.24) is 15.0 Å². The van der Waals surface area contributed by atoms with Gasteiger partial charge in [-0.2, -0.15) is 13.2 Å². The number of alkyl halides is 3. The minimum absolute atomic E-state index is 0.142. The van der Waals surface area contributed by atoms with Gasteiger partial charge in [-0.3, -0.25) is 0 Å².